The van der Waals surface area contributed by atoms with Gasteiger partial charge in [-0.2, -0.15) is 5.10 Å². The van der Waals surface area contributed by atoms with Crippen molar-refractivity contribution >= 4 is 35.1 Å². The van der Waals surface area contributed by atoms with Crippen LogP contribution in [0.3, 0.4) is 0 Å². The molecule has 1 aliphatic carbocycles. The molecule has 7 heteroatoms. The van der Waals surface area contributed by atoms with Crippen LogP contribution < -0.4 is 10.7 Å². The first kappa shape index (κ1) is 16.8. The zero-order valence-electron chi connectivity index (χ0n) is 12.3. The third-order valence-electron chi connectivity index (χ3n) is 3.87. The van der Waals surface area contributed by atoms with E-state index in [9.17, 15) is 10.2 Å². The summed E-state index contributed by atoms with van der Waals surface area (Å²) in [4.78, 5) is 0. The van der Waals surface area contributed by atoms with Gasteiger partial charge in [-0.3, -0.25) is 5.43 Å². The van der Waals surface area contributed by atoms with E-state index in [1.54, 1.807) is 0 Å². The van der Waals surface area contributed by atoms with Gasteiger partial charge in [0.25, 0.3) is 0 Å². The first-order valence-corrected chi connectivity index (χ1v) is 8.07. The molecule has 0 aliphatic heterocycles. The van der Waals surface area contributed by atoms with Gasteiger partial charge in [-0.15, -0.1) is 0 Å². The summed E-state index contributed by atoms with van der Waals surface area (Å²) in [5.74, 6) is -0.0220. The van der Waals surface area contributed by atoms with Crippen molar-refractivity contribution in [2.75, 3.05) is 0 Å². The molecule has 2 atom stereocenters. The van der Waals surface area contributed by atoms with Gasteiger partial charge < -0.3 is 15.5 Å². The van der Waals surface area contributed by atoms with Crippen LogP contribution in [-0.2, 0) is 0 Å². The van der Waals surface area contributed by atoms with Crippen molar-refractivity contribution in [3.05, 3.63) is 22.7 Å². The van der Waals surface area contributed by atoms with Crippen molar-refractivity contribution in [2.45, 2.75) is 38.6 Å². The molecule has 0 saturated heterocycles. The molecule has 0 heterocycles. The summed E-state index contributed by atoms with van der Waals surface area (Å²) in [6.45, 7) is 2.23. The molecule has 1 aromatic rings. The van der Waals surface area contributed by atoms with Crippen molar-refractivity contribution < 1.29 is 10.2 Å². The van der Waals surface area contributed by atoms with E-state index in [0.29, 0.717) is 22.6 Å². The zero-order chi connectivity index (χ0) is 16.1. The van der Waals surface area contributed by atoms with Gasteiger partial charge in [-0.1, -0.05) is 31.4 Å². The Morgan fingerprint density at radius 3 is 2.77 bits per heavy atom. The summed E-state index contributed by atoms with van der Waals surface area (Å²) in [5.41, 5.74) is 3.31. The van der Waals surface area contributed by atoms with E-state index >= 15 is 0 Å². The average Bonchev–Trinajstić information content (AvgIpc) is 2.47. The van der Waals surface area contributed by atoms with E-state index in [4.69, 9.17) is 23.8 Å². The summed E-state index contributed by atoms with van der Waals surface area (Å²) in [5, 5.41) is 26.7. The van der Waals surface area contributed by atoms with E-state index < -0.39 is 0 Å². The first-order valence-electron chi connectivity index (χ1n) is 7.28. The van der Waals surface area contributed by atoms with Crippen molar-refractivity contribution in [3.8, 4) is 11.5 Å². The Kier molecular flexibility index (Phi) is 5.85. The number of benzene rings is 1. The van der Waals surface area contributed by atoms with Crippen LogP contribution in [0.2, 0.25) is 5.02 Å². The maximum absolute atomic E-state index is 9.48. The van der Waals surface area contributed by atoms with Crippen LogP contribution >= 0.6 is 23.8 Å². The normalized spacial score (nSPS) is 21.7. The predicted octanol–water partition coefficient (Wildman–Crippen LogP) is 3.13. The van der Waals surface area contributed by atoms with E-state index in [1.807, 2.05) is 0 Å². The van der Waals surface area contributed by atoms with Crippen LogP contribution in [0, 0.1) is 5.92 Å². The minimum Gasteiger partial charge on any atom is -0.504 e. The standard InChI is InChI=1S/C15H20ClN3O2S/c1-9-4-2-3-5-12(9)18-15(22)19-17-8-10-6-11(16)14(21)13(20)7-10/h6-9,12,20-21H,2-5H2,1H3,(H2,18,19,22)/b17-8+/t9-,12-/m1/s1. The molecule has 2 rings (SSSR count). The maximum atomic E-state index is 9.48. The summed E-state index contributed by atoms with van der Waals surface area (Å²) in [7, 11) is 0. The molecule has 1 aliphatic rings. The van der Waals surface area contributed by atoms with Crippen LogP contribution in [-0.4, -0.2) is 27.6 Å². The fraction of sp³-hybridized carbons (Fsp3) is 0.467. The third-order valence-corrected chi connectivity index (χ3v) is 4.37. The second kappa shape index (κ2) is 7.65. The Balaban J connectivity index is 1.88. The monoisotopic (exact) mass is 341 g/mol. The SMILES string of the molecule is C[C@@H]1CCCC[C@H]1NC(=S)N/N=C/c1cc(O)c(O)c(Cl)c1. The van der Waals surface area contributed by atoms with Gasteiger partial charge in [0, 0.05) is 6.04 Å². The lowest BCUT2D eigenvalue weighted by Crippen LogP contribution is -2.44. The Hall–Kier alpha value is -1.53. The highest BCUT2D eigenvalue weighted by Crippen LogP contribution is 2.33. The van der Waals surface area contributed by atoms with Crippen molar-refractivity contribution in [1.29, 1.82) is 0 Å². The number of hydrazone groups is 1. The molecule has 0 bridgehead atoms. The molecule has 0 amide bonds. The largest absolute Gasteiger partial charge is 0.504 e. The number of rotatable bonds is 3. The van der Waals surface area contributed by atoms with Gasteiger partial charge in [0.2, 0.25) is 0 Å². The molecule has 5 nitrogen and oxygen atoms in total. The van der Waals surface area contributed by atoms with Gasteiger partial charge in [0.1, 0.15) is 0 Å². The first-order chi connectivity index (χ1) is 10.5. The Labute approximate surface area is 140 Å². The number of phenols is 2. The van der Waals surface area contributed by atoms with Gasteiger partial charge in [0.15, 0.2) is 16.6 Å². The number of aromatic hydroxyl groups is 2. The second-order valence-electron chi connectivity index (χ2n) is 5.58. The summed E-state index contributed by atoms with van der Waals surface area (Å²) in [6, 6.07) is 3.25. The molecule has 1 saturated carbocycles. The minimum atomic E-state index is -0.338. The van der Waals surface area contributed by atoms with Gasteiger partial charge in [-0.05, 0) is 48.7 Å². The quantitative estimate of drug-likeness (QED) is 0.294. The van der Waals surface area contributed by atoms with Gasteiger partial charge in [-0.25, -0.2) is 0 Å². The van der Waals surface area contributed by atoms with E-state index in [0.717, 1.165) is 6.42 Å². The number of halogens is 1. The van der Waals surface area contributed by atoms with Crippen LogP contribution in [0.4, 0.5) is 0 Å². The third kappa shape index (κ3) is 4.48. The van der Waals surface area contributed by atoms with Crippen molar-refractivity contribution in [2.24, 2.45) is 11.0 Å². The smallest absolute Gasteiger partial charge is 0.187 e. The van der Waals surface area contributed by atoms with Crippen LogP contribution in [0.25, 0.3) is 0 Å². The molecule has 0 spiro atoms. The van der Waals surface area contributed by atoms with E-state index in [2.05, 4.69) is 22.8 Å². The number of nitrogens with one attached hydrogen (secondary N) is 2. The molecule has 1 aromatic carbocycles. The molecule has 120 valence electrons. The number of thiocarbonyl (C=S) groups is 1. The van der Waals surface area contributed by atoms with Crippen LogP contribution in [0.15, 0.2) is 17.2 Å². The molecule has 1 fully saturated rings. The van der Waals surface area contributed by atoms with E-state index in [1.165, 1.54) is 37.6 Å². The molecule has 4 N–H and O–H groups in total. The Morgan fingerprint density at radius 2 is 2.09 bits per heavy atom. The summed E-state index contributed by atoms with van der Waals surface area (Å²) in [6.07, 6.45) is 6.31. The number of hydrogen-bond acceptors (Lipinski definition) is 4. The fourth-order valence-electron chi connectivity index (χ4n) is 2.58. The van der Waals surface area contributed by atoms with Crippen LogP contribution in [0.1, 0.15) is 38.2 Å². The molecular formula is C15H20ClN3O2S. The van der Waals surface area contributed by atoms with Crippen LogP contribution in [0.5, 0.6) is 11.5 Å². The zero-order valence-corrected chi connectivity index (χ0v) is 13.9. The highest BCUT2D eigenvalue weighted by atomic mass is 35.5. The van der Waals surface area contributed by atoms with Gasteiger partial charge >= 0.3 is 0 Å². The average molecular weight is 342 g/mol. The lowest BCUT2D eigenvalue weighted by atomic mass is 9.86. The van der Waals surface area contributed by atoms with Gasteiger partial charge in [0.05, 0.1) is 11.2 Å². The summed E-state index contributed by atoms with van der Waals surface area (Å²) < 4.78 is 0. The summed E-state index contributed by atoms with van der Waals surface area (Å²) >= 11 is 11.0. The minimum absolute atomic E-state index is 0.0678. The molecular weight excluding hydrogens is 322 g/mol. The Morgan fingerprint density at radius 1 is 1.36 bits per heavy atom. The maximum Gasteiger partial charge on any atom is 0.187 e. The lowest BCUT2D eigenvalue weighted by Gasteiger charge is -2.30. The van der Waals surface area contributed by atoms with Crippen molar-refractivity contribution in [3.63, 3.8) is 0 Å². The molecule has 22 heavy (non-hydrogen) atoms. The molecule has 0 unspecified atom stereocenters. The fourth-order valence-corrected chi connectivity index (χ4v) is 3.00. The number of hydrogen-bond donors (Lipinski definition) is 4. The highest BCUT2D eigenvalue weighted by Gasteiger charge is 2.21. The Bertz CT molecular complexity index is 557. The molecule has 0 aromatic heterocycles. The number of phenolic OH excluding ortho intramolecular Hbond substituents is 2. The second-order valence-corrected chi connectivity index (χ2v) is 6.40. The van der Waals surface area contributed by atoms with Crippen molar-refractivity contribution in [1.82, 2.24) is 10.7 Å². The number of nitrogens with zero attached hydrogens (tertiary/aromatic N) is 1. The highest BCUT2D eigenvalue weighted by molar-refractivity contribution is 7.80. The lowest BCUT2D eigenvalue weighted by molar-refractivity contribution is 0.308. The predicted molar refractivity (Wildman–Crippen MR) is 92.7 cm³/mol. The topological polar surface area (TPSA) is 76.9 Å². The molecule has 0 radical (unpaired) electrons. The van der Waals surface area contributed by atoms with E-state index in [-0.39, 0.29) is 16.5 Å².